The topological polar surface area (TPSA) is 34.9 Å². The van der Waals surface area contributed by atoms with Gasteiger partial charge in [0.25, 0.3) is 5.56 Å². The highest BCUT2D eigenvalue weighted by molar-refractivity contribution is 7.17. The van der Waals surface area contributed by atoms with E-state index in [1.54, 1.807) is 17.0 Å². The predicted molar refractivity (Wildman–Crippen MR) is 58.8 cm³/mol. The lowest BCUT2D eigenvalue weighted by molar-refractivity contribution is 0.769. The zero-order valence-electron chi connectivity index (χ0n) is 7.86. The molecule has 0 spiro atoms. The van der Waals surface area contributed by atoms with Gasteiger partial charge in [0.1, 0.15) is 4.70 Å². The number of hydrogen-bond donors (Lipinski definition) is 0. The summed E-state index contributed by atoms with van der Waals surface area (Å²) >= 11 is 1.45. The molecule has 0 radical (unpaired) electrons. The molecule has 3 nitrogen and oxygen atoms in total. The van der Waals surface area contributed by atoms with Gasteiger partial charge in [-0.15, -0.1) is 17.9 Å². The summed E-state index contributed by atoms with van der Waals surface area (Å²) in [6, 6.07) is 0. The van der Waals surface area contributed by atoms with Crippen LogP contribution < -0.4 is 5.56 Å². The lowest BCUT2D eigenvalue weighted by Crippen LogP contribution is -2.18. The summed E-state index contributed by atoms with van der Waals surface area (Å²) in [7, 11) is 0. The minimum absolute atomic E-state index is 0.0213. The number of aromatic nitrogens is 2. The second kappa shape index (κ2) is 3.38. The third-order valence-corrected chi connectivity index (χ3v) is 3.12. The minimum Gasteiger partial charge on any atom is -0.294 e. The molecule has 0 atom stereocenters. The maximum Gasteiger partial charge on any atom is 0.271 e. The van der Waals surface area contributed by atoms with Crippen molar-refractivity contribution in [3.63, 3.8) is 0 Å². The van der Waals surface area contributed by atoms with Crippen molar-refractivity contribution in [2.75, 3.05) is 0 Å². The molecule has 0 bridgehead atoms. The average Bonchev–Trinajstić information content (AvgIpc) is 2.54. The summed E-state index contributed by atoms with van der Waals surface area (Å²) in [5.41, 5.74) is 1.90. The van der Waals surface area contributed by atoms with Crippen LogP contribution in [-0.2, 0) is 6.54 Å². The quantitative estimate of drug-likeness (QED) is 0.704. The van der Waals surface area contributed by atoms with Crippen molar-refractivity contribution in [2.24, 2.45) is 0 Å². The highest BCUT2D eigenvalue weighted by Crippen LogP contribution is 2.19. The molecule has 2 aromatic rings. The number of fused-ring (bicyclic) bond motifs is 1. The Morgan fingerprint density at radius 1 is 1.71 bits per heavy atom. The fourth-order valence-corrected chi connectivity index (χ4v) is 2.28. The highest BCUT2D eigenvalue weighted by atomic mass is 32.1. The van der Waals surface area contributed by atoms with E-state index < -0.39 is 0 Å². The Kier molecular flexibility index (Phi) is 2.21. The van der Waals surface area contributed by atoms with E-state index in [0.717, 1.165) is 15.8 Å². The van der Waals surface area contributed by atoms with Crippen LogP contribution in [0.5, 0.6) is 0 Å². The van der Waals surface area contributed by atoms with Crippen LogP contribution in [0, 0.1) is 6.92 Å². The third kappa shape index (κ3) is 1.28. The molecule has 2 rings (SSSR count). The van der Waals surface area contributed by atoms with Gasteiger partial charge in [-0.25, -0.2) is 4.98 Å². The second-order valence-electron chi connectivity index (χ2n) is 3.09. The monoisotopic (exact) mass is 206 g/mol. The molecule has 0 N–H and O–H groups in total. The van der Waals surface area contributed by atoms with Crippen LogP contribution in [-0.4, -0.2) is 9.55 Å². The van der Waals surface area contributed by atoms with Crippen LogP contribution in [0.4, 0.5) is 0 Å². The molecule has 0 saturated carbocycles. The number of allylic oxidation sites excluding steroid dienone is 1. The maximum absolute atomic E-state index is 11.8. The first-order valence-electron chi connectivity index (χ1n) is 4.28. The van der Waals surface area contributed by atoms with E-state index in [4.69, 9.17) is 0 Å². The van der Waals surface area contributed by atoms with Gasteiger partial charge in [-0.05, 0) is 17.9 Å². The summed E-state index contributed by atoms with van der Waals surface area (Å²) in [5.74, 6) is 0. The van der Waals surface area contributed by atoms with E-state index in [1.165, 1.54) is 11.3 Å². The first-order chi connectivity index (χ1) is 6.74. The third-order valence-electron chi connectivity index (χ3n) is 2.05. The van der Waals surface area contributed by atoms with E-state index >= 15 is 0 Å². The van der Waals surface area contributed by atoms with Crippen LogP contribution in [0.1, 0.15) is 5.56 Å². The molecule has 0 saturated heterocycles. The predicted octanol–water partition coefficient (Wildman–Crippen LogP) is 1.95. The molecular formula is C10H10N2OS. The Morgan fingerprint density at radius 3 is 3.21 bits per heavy atom. The molecule has 0 aliphatic carbocycles. The Morgan fingerprint density at radius 2 is 2.50 bits per heavy atom. The normalized spacial score (nSPS) is 10.6. The summed E-state index contributed by atoms with van der Waals surface area (Å²) in [5, 5.41) is 1.96. The Bertz CT molecular complexity index is 539. The van der Waals surface area contributed by atoms with Gasteiger partial charge in [0.15, 0.2) is 0 Å². The Labute approximate surface area is 85.3 Å². The maximum atomic E-state index is 11.8. The molecule has 2 aromatic heterocycles. The van der Waals surface area contributed by atoms with Crippen LogP contribution in [0.3, 0.4) is 0 Å². The largest absolute Gasteiger partial charge is 0.294 e. The fourth-order valence-electron chi connectivity index (χ4n) is 1.33. The first kappa shape index (κ1) is 9.15. The Hall–Kier alpha value is -1.42. The van der Waals surface area contributed by atoms with Crippen LogP contribution in [0.15, 0.2) is 29.2 Å². The molecule has 2 heterocycles. The molecule has 0 fully saturated rings. The van der Waals surface area contributed by atoms with Gasteiger partial charge in [0.2, 0.25) is 0 Å². The summed E-state index contributed by atoms with van der Waals surface area (Å²) in [6.07, 6.45) is 3.27. The standard InChI is InChI=1S/C10H10N2OS/c1-3-4-12-6-11-8-7(2)5-14-9(8)10(12)13/h3,5-6H,1,4H2,2H3. The molecule has 0 unspecified atom stereocenters. The number of rotatable bonds is 2. The smallest absolute Gasteiger partial charge is 0.271 e. The molecule has 4 heteroatoms. The molecule has 0 aliphatic heterocycles. The summed E-state index contributed by atoms with van der Waals surface area (Å²) < 4.78 is 2.29. The Balaban J connectivity index is 2.76. The SMILES string of the molecule is C=CCn1cnc2c(C)csc2c1=O. The number of aryl methyl sites for hydroxylation is 1. The van der Waals surface area contributed by atoms with E-state index in [2.05, 4.69) is 11.6 Å². The van der Waals surface area contributed by atoms with Crippen LogP contribution >= 0.6 is 11.3 Å². The van der Waals surface area contributed by atoms with Gasteiger partial charge in [0.05, 0.1) is 11.8 Å². The molecule has 0 amide bonds. The van der Waals surface area contributed by atoms with Crippen LogP contribution in [0.25, 0.3) is 10.2 Å². The number of hydrogen-bond acceptors (Lipinski definition) is 3. The van der Waals surface area contributed by atoms with Gasteiger partial charge >= 0.3 is 0 Å². The van der Waals surface area contributed by atoms with Gasteiger partial charge in [-0.3, -0.25) is 9.36 Å². The van der Waals surface area contributed by atoms with Crippen molar-refractivity contribution in [2.45, 2.75) is 13.5 Å². The number of nitrogens with zero attached hydrogens (tertiary/aromatic N) is 2. The van der Waals surface area contributed by atoms with Gasteiger partial charge in [-0.1, -0.05) is 6.08 Å². The van der Waals surface area contributed by atoms with Crippen molar-refractivity contribution >= 4 is 21.6 Å². The molecule has 0 aliphatic rings. The molecule has 14 heavy (non-hydrogen) atoms. The second-order valence-corrected chi connectivity index (χ2v) is 3.97. The van der Waals surface area contributed by atoms with E-state index in [-0.39, 0.29) is 5.56 Å². The van der Waals surface area contributed by atoms with Gasteiger partial charge in [-0.2, -0.15) is 0 Å². The highest BCUT2D eigenvalue weighted by Gasteiger charge is 2.06. The van der Waals surface area contributed by atoms with E-state index in [1.807, 2.05) is 12.3 Å². The summed E-state index contributed by atoms with van der Waals surface area (Å²) in [4.78, 5) is 16.1. The number of thiophene rings is 1. The fraction of sp³-hybridized carbons (Fsp3) is 0.200. The van der Waals surface area contributed by atoms with E-state index in [9.17, 15) is 4.79 Å². The van der Waals surface area contributed by atoms with Gasteiger partial charge < -0.3 is 0 Å². The lowest BCUT2D eigenvalue weighted by atomic mass is 10.3. The van der Waals surface area contributed by atoms with Crippen molar-refractivity contribution in [3.8, 4) is 0 Å². The van der Waals surface area contributed by atoms with Crippen molar-refractivity contribution in [1.29, 1.82) is 0 Å². The zero-order chi connectivity index (χ0) is 10.1. The zero-order valence-corrected chi connectivity index (χ0v) is 8.67. The lowest BCUT2D eigenvalue weighted by Gasteiger charge is -1.99. The van der Waals surface area contributed by atoms with E-state index in [0.29, 0.717) is 6.54 Å². The van der Waals surface area contributed by atoms with Crippen molar-refractivity contribution < 1.29 is 0 Å². The molecule has 72 valence electrons. The molecular weight excluding hydrogens is 196 g/mol. The van der Waals surface area contributed by atoms with Gasteiger partial charge in [0, 0.05) is 6.54 Å². The first-order valence-corrected chi connectivity index (χ1v) is 5.16. The van der Waals surface area contributed by atoms with Crippen molar-refractivity contribution in [3.05, 3.63) is 40.3 Å². The summed E-state index contributed by atoms with van der Waals surface area (Å²) in [6.45, 7) is 6.07. The van der Waals surface area contributed by atoms with Crippen molar-refractivity contribution in [1.82, 2.24) is 9.55 Å². The molecule has 0 aromatic carbocycles. The minimum atomic E-state index is 0.0213. The van der Waals surface area contributed by atoms with Crippen LogP contribution in [0.2, 0.25) is 0 Å². The average molecular weight is 206 g/mol.